The number of aryl methyl sites for hydroxylation is 1. The number of carbonyl (C=O) groups is 2. The monoisotopic (exact) mass is 324 g/mol. The molecule has 1 aromatic carbocycles. The molecule has 2 amide bonds. The fourth-order valence-electron chi connectivity index (χ4n) is 2.20. The zero-order chi connectivity index (χ0) is 16.9. The molecule has 0 bridgehead atoms. The van der Waals surface area contributed by atoms with E-state index in [9.17, 15) is 9.59 Å². The van der Waals surface area contributed by atoms with Crippen molar-refractivity contribution in [2.24, 2.45) is 0 Å². The van der Waals surface area contributed by atoms with E-state index >= 15 is 0 Å². The van der Waals surface area contributed by atoms with E-state index in [1.807, 2.05) is 12.1 Å². The Kier molecular flexibility index (Phi) is 4.47. The van der Waals surface area contributed by atoms with Gasteiger partial charge in [0, 0.05) is 12.2 Å². The third kappa shape index (κ3) is 3.55. The minimum Gasteiger partial charge on any atom is -0.469 e. The Labute approximate surface area is 138 Å². The van der Waals surface area contributed by atoms with Crippen LogP contribution in [0.25, 0.3) is 0 Å². The van der Waals surface area contributed by atoms with Crippen LogP contribution in [0.2, 0.25) is 0 Å². The number of furan rings is 2. The molecule has 6 heteroatoms. The first-order valence-electron chi connectivity index (χ1n) is 7.39. The Morgan fingerprint density at radius 1 is 0.958 bits per heavy atom. The predicted molar refractivity (Wildman–Crippen MR) is 87.7 cm³/mol. The molecule has 0 radical (unpaired) electrons. The highest BCUT2D eigenvalue weighted by Gasteiger charge is 2.11. The molecule has 24 heavy (non-hydrogen) atoms. The summed E-state index contributed by atoms with van der Waals surface area (Å²) in [7, 11) is 0. The molecular formula is C18H16N2O4. The fraction of sp³-hybridized carbons (Fsp3) is 0.111. The van der Waals surface area contributed by atoms with Gasteiger partial charge in [-0.15, -0.1) is 0 Å². The van der Waals surface area contributed by atoms with Crippen LogP contribution in [-0.2, 0) is 6.54 Å². The highest BCUT2D eigenvalue weighted by Crippen LogP contribution is 2.13. The van der Waals surface area contributed by atoms with E-state index in [0.717, 1.165) is 5.56 Å². The van der Waals surface area contributed by atoms with E-state index in [4.69, 9.17) is 8.83 Å². The largest absolute Gasteiger partial charge is 0.469 e. The third-order valence-electron chi connectivity index (χ3n) is 3.51. The number of amides is 2. The van der Waals surface area contributed by atoms with Gasteiger partial charge < -0.3 is 19.5 Å². The summed E-state index contributed by atoms with van der Waals surface area (Å²) in [4.78, 5) is 23.9. The Hall–Kier alpha value is -3.28. The van der Waals surface area contributed by atoms with E-state index in [-0.39, 0.29) is 17.6 Å². The summed E-state index contributed by atoms with van der Waals surface area (Å²) in [5, 5.41) is 5.56. The molecule has 2 aromatic heterocycles. The van der Waals surface area contributed by atoms with Gasteiger partial charge in [0.2, 0.25) is 0 Å². The average Bonchev–Trinajstić information content (AvgIpc) is 3.25. The van der Waals surface area contributed by atoms with Gasteiger partial charge in [0.25, 0.3) is 11.8 Å². The van der Waals surface area contributed by atoms with E-state index in [1.54, 1.807) is 37.3 Å². The molecule has 0 unspecified atom stereocenters. The first kappa shape index (κ1) is 15.6. The van der Waals surface area contributed by atoms with Crippen molar-refractivity contribution in [3.63, 3.8) is 0 Å². The summed E-state index contributed by atoms with van der Waals surface area (Å²) in [5.74, 6) is 0.346. The molecule has 2 heterocycles. The molecule has 2 N–H and O–H groups in total. The molecule has 6 nitrogen and oxygen atoms in total. The molecular weight excluding hydrogens is 308 g/mol. The molecule has 0 fully saturated rings. The summed E-state index contributed by atoms with van der Waals surface area (Å²) in [6, 6.07) is 12.1. The van der Waals surface area contributed by atoms with Crippen LogP contribution in [0.4, 0.5) is 5.69 Å². The Morgan fingerprint density at radius 2 is 1.75 bits per heavy atom. The molecule has 0 saturated carbocycles. The van der Waals surface area contributed by atoms with Crippen LogP contribution in [0.1, 0.15) is 32.2 Å². The molecule has 0 aliphatic rings. The molecule has 122 valence electrons. The Balaban J connectivity index is 1.56. The van der Waals surface area contributed by atoms with Crippen molar-refractivity contribution >= 4 is 17.5 Å². The third-order valence-corrected chi connectivity index (χ3v) is 3.51. The van der Waals surface area contributed by atoms with Crippen molar-refractivity contribution in [3.8, 4) is 0 Å². The van der Waals surface area contributed by atoms with Gasteiger partial charge in [-0.25, -0.2) is 0 Å². The van der Waals surface area contributed by atoms with Crippen LogP contribution in [-0.4, -0.2) is 11.8 Å². The maximum Gasteiger partial charge on any atom is 0.291 e. The minimum absolute atomic E-state index is 0.184. The van der Waals surface area contributed by atoms with Crippen LogP contribution in [0.3, 0.4) is 0 Å². The maximum absolute atomic E-state index is 12.0. The van der Waals surface area contributed by atoms with Crippen LogP contribution in [0.5, 0.6) is 0 Å². The van der Waals surface area contributed by atoms with Gasteiger partial charge in [-0.1, -0.05) is 12.1 Å². The normalized spacial score (nSPS) is 10.4. The smallest absolute Gasteiger partial charge is 0.291 e. The van der Waals surface area contributed by atoms with E-state index < -0.39 is 0 Å². The number of hydrogen-bond acceptors (Lipinski definition) is 4. The van der Waals surface area contributed by atoms with Crippen molar-refractivity contribution in [2.75, 3.05) is 5.32 Å². The van der Waals surface area contributed by atoms with Gasteiger partial charge in [-0.2, -0.15) is 0 Å². The first-order chi connectivity index (χ1) is 11.6. The van der Waals surface area contributed by atoms with Crippen molar-refractivity contribution < 1.29 is 18.4 Å². The summed E-state index contributed by atoms with van der Waals surface area (Å²) in [6.07, 6.45) is 2.93. The van der Waals surface area contributed by atoms with Gasteiger partial charge >= 0.3 is 0 Å². The SMILES string of the molecule is Cc1occc1C(=O)NCc1ccc(NC(=O)c2ccco2)cc1. The van der Waals surface area contributed by atoms with E-state index in [0.29, 0.717) is 23.6 Å². The van der Waals surface area contributed by atoms with Gasteiger partial charge in [0.15, 0.2) is 5.76 Å². The quantitative estimate of drug-likeness (QED) is 0.753. The number of carbonyl (C=O) groups excluding carboxylic acids is 2. The molecule has 0 aliphatic carbocycles. The molecule has 0 atom stereocenters. The first-order valence-corrected chi connectivity index (χ1v) is 7.39. The maximum atomic E-state index is 12.0. The van der Waals surface area contributed by atoms with Gasteiger partial charge in [-0.05, 0) is 42.8 Å². The van der Waals surface area contributed by atoms with E-state index in [2.05, 4.69) is 10.6 Å². The van der Waals surface area contributed by atoms with Crippen molar-refractivity contribution in [1.29, 1.82) is 0 Å². The second kappa shape index (κ2) is 6.87. The molecule has 3 rings (SSSR count). The fourth-order valence-corrected chi connectivity index (χ4v) is 2.20. The molecule has 0 spiro atoms. The Morgan fingerprint density at radius 3 is 2.38 bits per heavy atom. The zero-order valence-electron chi connectivity index (χ0n) is 13.0. The lowest BCUT2D eigenvalue weighted by Gasteiger charge is -2.07. The van der Waals surface area contributed by atoms with Crippen LogP contribution in [0.15, 0.2) is 63.8 Å². The molecule has 3 aromatic rings. The second-order valence-electron chi connectivity index (χ2n) is 5.20. The van der Waals surface area contributed by atoms with Gasteiger partial charge in [0.1, 0.15) is 5.76 Å². The number of hydrogen-bond donors (Lipinski definition) is 2. The van der Waals surface area contributed by atoms with E-state index in [1.165, 1.54) is 12.5 Å². The number of nitrogens with one attached hydrogen (secondary N) is 2. The number of rotatable bonds is 5. The average molecular weight is 324 g/mol. The van der Waals surface area contributed by atoms with Gasteiger partial charge in [0.05, 0.1) is 18.1 Å². The van der Waals surface area contributed by atoms with Crippen molar-refractivity contribution in [2.45, 2.75) is 13.5 Å². The van der Waals surface area contributed by atoms with Crippen molar-refractivity contribution in [1.82, 2.24) is 5.32 Å². The lowest BCUT2D eigenvalue weighted by Crippen LogP contribution is -2.22. The van der Waals surface area contributed by atoms with Crippen molar-refractivity contribution in [3.05, 3.63) is 77.6 Å². The summed E-state index contributed by atoms with van der Waals surface area (Å²) in [5.41, 5.74) is 2.09. The topological polar surface area (TPSA) is 84.5 Å². The highest BCUT2D eigenvalue weighted by atomic mass is 16.3. The molecule has 0 aliphatic heterocycles. The highest BCUT2D eigenvalue weighted by molar-refractivity contribution is 6.02. The standard InChI is InChI=1S/C18H16N2O4/c1-12-15(8-10-23-12)17(21)19-11-13-4-6-14(7-5-13)20-18(22)16-3-2-9-24-16/h2-10H,11H2,1H3,(H,19,21)(H,20,22). The summed E-state index contributed by atoms with van der Waals surface area (Å²) >= 11 is 0. The minimum atomic E-state index is -0.309. The lowest BCUT2D eigenvalue weighted by atomic mass is 10.2. The van der Waals surface area contributed by atoms with Crippen LogP contribution >= 0.6 is 0 Å². The number of anilines is 1. The number of benzene rings is 1. The van der Waals surface area contributed by atoms with Crippen LogP contribution < -0.4 is 10.6 Å². The summed E-state index contributed by atoms with van der Waals surface area (Å²) in [6.45, 7) is 2.13. The summed E-state index contributed by atoms with van der Waals surface area (Å²) < 4.78 is 10.1. The Bertz CT molecular complexity index is 832. The van der Waals surface area contributed by atoms with Crippen LogP contribution in [0, 0.1) is 6.92 Å². The predicted octanol–water partition coefficient (Wildman–Crippen LogP) is 3.36. The lowest BCUT2D eigenvalue weighted by molar-refractivity contribution is 0.0948. The molecule has 0 saturated heterocycles. The second-order valence-corrected chi connectivity index (χ2v) is 5.20. The zero-order valence-corrected chi connectivity index (χ0v) is 13.0. The van der Waals surface area contributed by atoms with Gasteiger partial charge in [-0.3, -0.25) is 9.59 Å².